The Bertz CT molecular complexity index is 1130. The predicted octanol–water partition coefficient (Wildman–Crippen LogP) is 3.69. The topological polar surface area (TPSA) is 85.4 Å². The van der Waals surface area contributed by atoms with Gasteiger partial charge < -0.3 is 29.2 Å². The highest BCUT2D eigenvalue weighted by Gasteiger charge is 2.19. The van der Waals surface area contributed by atoms with E-state index < -0.39 is 0 Å². The van der Waals surface area contributed by atoms with Gasteiger partial charge >= 0.3 is 0 Å². The number of benzene rings is 2. The van der Waals surface area contributed by atoms with Gasteiger partial charge in [0.05, 0.1) is 40.3 Å². The molecule has 0 saturated carbocycles. The molecule has 0 radical (unpaired) electrons. The van der Waals surface area contributed by atoms with Crippen LogP contribution in [-0.2, 0) is 6.54 Å². The smallest absolute Gasteiger partial charge is 0.255 e. The van der Waals surface area contributed by atoms with Crippen molar-refractivity contribution in [1.29, 1.82) is 0 Å². The van der Waals surface area contributed by atoms with Crippen LogP contribution in [0, 0.1) is 0 Å². The molecule has 1 aliphatic heterocycles. The molecule has 190 valence electrons. The van der Waals surface area contributed by atoms with Gasteiger partial charge in [0.2, 0.25) is 0 Å². The lowest BCUT2D eigenvalue weighted by Gasteiger charge is -2.35. The number of carbonyl (C=O) groups excluding carboxylic acids is 1. The van der Waals surface area contributed by atoms with Crippen LogP contribution in [0.5, 0.6) is 23.0 Å². The minimum absolute atomic E-state index is 0.260. The third-order valence-electron chi connectivity index (χ3n) is 6.13. The second-order valence-electron chi connectivity index (χ2n) is 8.44. The molecule has 9 heteroatoms. The van der Waals surface area contributed by atoms with E-state index in [9.17, 15) is 4.79 Å². The summed E-state index contributed by atoms with van der Waals surface area (Å²) in [6.07, 6.45) is 1.68. The number of anilines is 2. The molecular weight excluding hydrogens is 460 g/mol. The number of aromatic nitrogens is 1. The van der Waals surface area contributed by atoms with Crippen LogP contribution in [0.25, 0.3) is 0 Å². The SMILES string of the molecule is COc1cc(CN2CCN(c3ccc(NC(=O)c4cc(OC)cc(OC)c4)cn3)CC2)cc(OC)c1. The van der Waals surface area contributed by atoms with Gasteiger partial charge in [0.1, 0.15) is 28.8 Å². The van der Waals surface area contributed by atoms with E-state index in [1.165, 1.54) is 0 Å². The molecule has 1 aromatic heterocycles. The summed E-state index contributed by atoms with van der Waals surface area (Å²) in [7, 11) is 6.43. The summed E-state index contributed by atoms with van der Waals surface area (Å²) in [5.41, 5.74) is 2.22. The summed E-state index contributed by atoms with van der Waals surface area (Å²) in [5.74, 6) is 3.33. The first kappa shape index (κ1) is 25.1. The number of nitrogens with zero attached hydrogens (tertiary/aromatic N) is 3. The lowest BCUT2D eigenvalue weighted by Crippen LogP contribution is -2.46. The van der Waals surface area contributed by atoms with Crippen LogP contribution in [0.1, 0.15) is 15.9 Å². The third kappa shape index (κ3) is 6.17. The lowest BCUT2D eigenvalue weighted by molar-refractivity contribution is 0.102. The fourth-order valence-electron chi connectivity index (χ4n) is 4.14. The van der Waals surface area contributed by atoms with Crippen molar-refractivity contribution in [3.05, 3.63) is 65.9 Å². The van der Waals surface area contributed by atoms with Crippen LogP contribution in [0.15, 0.2) is 54.7 Å². The minimum Gasteiger partial charge on any atom is -0.497 e. The lowest BCUT2D eigenvalue weighted by atomic mass is 10.1. The van der Waals surface area contributed by atoms with E-state index in [1.54, 1.807) is 52.8 Å². The summed E-state index contributed by atoms with van der Waals surface area (Å²) in [6.45, 7) is 4.39. The quantitative estimate of drug-likeness (QED) is 0.484. The van der Waals surface area contributed by atoms with Gasteiger partial charge in [0.25, 0.3) is 5.91 Å². The number of pyridine rings is 1. The van der Waals surface area contributed by atoms with Crippen LogP contribution in [0.2, 0.25) is 0 Å². The molecule has 1 fully saturated rings. The minimum atomic E-state index is -0.260. The normalized spacial score (nSPS) is 13.7. The Hall–Kier alpha value is -3.98. The molecular formula is C27H32N4O5. The summed E-state index contributed by atoms with van der Waals surface area (Å²) < 4.78 is 21.3. The van der Waals surface area contributed by atoms with Crippen LogP contribution in [0.4, 0.5) is 11.5 Å². The highest BCUT2D eigenvalue weighted by Crippen LogP contribution is 2.25. The second kappa shape index (κ2) is 11.6. The molecule has 0 atom stereocenters. The van der Waals surface area contributed by atoms with Gasteiger partial charge in [-0.1, -0.05) is 0 Å². The molecule has 36 heavy (non-hydrogen) atoms. The fraction of sp³-hybridized carbons (Fsp3) is 0.333. The van der Waals surface area contributed by atoms with Crippen LogP contribution in [0.3, 0.4) is 0 Å². The van der Waals surface area contributed by atoms with Gasteiger partial charge in [0, 0.05) is 50.4 Å². The van der Waals surface area contributed by atoms with Crippen molar-refractivity contribution in [2.45, 2.75) is 6.54 Å². The first-order chi connectivity index (χ1) is 17.5. The van der Waals surface area contributed by atoms with Crippen molar-refractivity contribution in [2.75, 3.05) is 64.8 Å². The molecule has 0 unspecified atom stereocenters. The Morgan fingerprint density at radius 2 is 1.36 bits per heavy atom. The largest absolute Gasteiger partial charge is 0.497 e. The molecule has 4 rings (SSSR count). The average molecular weight is 493 g/mol. The van der Waals surface area contributed by atoms with E-state index in [0.717, 1.165) is 55.6 Å². The molecule has 2 aromatic carbocycles. The number of amides is 1. The number of piperazine rings is 1. The molecule has 1 aliphatic rings. The zero-order valence-corrected chi connectivity index (χ0v) is 21.1. The maximum atomic E-state index is 12.7. The first-order valence-electron chi connectivity index (χ1n) is 11.7. The van der Waals surface area contributed by atoms with E-state index in [-0.39, 0.29) is 5.91 Å². The zero-order chi connectivity index (χ0) is 25.5. The number of rotatable bonds is 9. The maximum Gasteiger partial charge on any atom is 0.255 e. The van der Waals surface area contributed by atoms with Crippen LogP contribution < -0.4 is 29.2 Å². The number of carbonyl (C=O) groups is 1. The summed E-state index contributed by atoms with van der Waals surface area (Å²) in [6, 6.07) is 14.8. The molecule has 0 bridgehead atoms. The van der Waals surface area contributed by atoms with Gasteiger partial charge in [-0.05, 0) is 42.0 Å². The standard InChI is InChI=1S/C27H32N4O5/c1-33-22-11-19(12-23(15-22)34-2)18-30-7-9-31(10-8-30)26-6-5-21(17-28-26)29-27(32)20-13-24(35-3)16-25(14-20)36-4/h5-6,11-17H,7-10,18H2,1-4H3,(H,29,32). The molecule has 1 saturated heterocycles. The summed E-state index contributed by atoms with van der Waals surface area (Å²) in [5, 5.41) is 2.88. The van der Waals surface area contributed by atoms with Crippen molar-refractivity contribution in [3.8, 4) is 23.0 Å². The Labute approximate surface area is 211 Å². The van der Waals surface area contributed by atoms with Gasteiger partial charge in [-0.15, -0.1) is 0 Å². The summed E-state index contributed by atoms with van der Waals surface area (Å²) in [4.78, 5) is 22.0. The monoisotopic (exact) mass is 492 g/mol. The van der Waals surface area contributed by atoms with Crippen molar-refractivity contribution < 1.29 is 23.7 Å². The van der Waals surface area contributed by atoms with Gasteiger partial charge in [0.15, 0.2) is 0 Å². The van der Waals surface area contributed by atoms with Gasteiger partial charge in [-0.2, -0.15) is 0 Å². The number of methoxy groups -OCH3 is 4. The Morgan fingerprint density at radius 1 is 0.806 bits per heavy atom. The Balaban J connectivity index is 1.33. The number of nitrogens with one attached hydrogen (secondary N) is 1. The average Bonchev–Trinajstić information content (AvgIpc) is 2.93. The first-order valence-corrected chi connectivity index (χ1v) is 11.7. The molecule has 0 aliphatic carbocycles. The van der Waals surface area contributed by atoms with Crippen molar-refractivity contribution in [3.63, 3.8) is 0 Å². The second-order valence-corrected chi connectivity index (χ2v) is 8.44. The van der Waals surface area contributed by atoms with E-state index >= 15 is 0 Å². The zero-order valence-electron chi connectivity index (χ0n) is 21.1. The molecule has 3 aromatic rings. The molecule has 2 heterocycles. The molecule has 9 nitrogen and oxygen atoms in total. The number of ether oxygens (including phenoxy) is 4. The van der Waals surface area contributed by atoms with Gasteiger partial charge in [-0.25, -0.2) is 4.98 Å². The predicted molar refractivity (Wildman–Crippen MR) is 139 cm³/mol. The van der Waals surface area contributed by atoms with E-state index in [4.69, 9.17) is 18.9 Å². The fourth-order valence-corrected chi connectivity index (χ4v) is 4.14. The van der Waals surface area contributed by atoms with E-state index in [0.29, 0.717) is 22.7 Å². The summed E-state index contributed by atoms with van der Waals surface area (Å²) >= 11 is 0. The number of hydrogen-bond acceptors (Lipinski definition) is 8. The van der Waals surface area contributed by atoms with Crippen molar-refractivity contribution in [2.24, 2.45) is 0 Å². The Kier molecular flexibility index (Phi) is 8.12. The van der Waals surface area contributed by atoms with Crippen LogP contribution >= 0.6 is 0 Å². The van der Waals surface area contributed by atoms with E-state index in [2.05, 4.69) is 20.1 Å². The highest BCUT2D eigenvalue weighted by molar-refractivity contribution is 6.04. The molecule has 1 amide bonds. The molecule has 1 N–H and O–H groups in total. The van der Waals surface area contributed by atoms with Crippen LogP contribution in [-0.4, -0.2) is 70.4 Å². The van der Waals surface area contributed by atoms with Crippen molar-refractivity contribution >= 4 is 17.4 Å². The van der Waals surface area contributed by atoms with Gasteiger partial charge in [-0.3, -0.25) is 9.69 Å². The molecule has 0 spiro atoms. The maximum absolute atomic E-state index is 12.7. The third-order valence-corrected chi connectivity index (χ3v) is 6.13. The highest BCUT2D eigenvalue weighted by atomic mass is 16.5. The van der Waals surface area contributed by atoms with Crippen molar-refractivity contribution in [1.82, 2.24) is 9.88 Å². The number of hydrogen-bond donors (Lipinski definition) is 1. The van der Waals surface area contributed by atoms with E-state index in [1.807, 2.05) is 30.3 Å². The Morgan fingerprint density at radius 3 is 1.86 bits per heavy atom.